The molecule has 1 aromatic carbocycles. The van der Waals surface area contributed by atoms with Gasteiger partial charge >= 0.3 is 12.1 Å². The van der Waals surface area contributed by atoms with Crippen molar-refractivity contribution < 1.29 is 37.0 Å². The van der Waals surface area contributed by atoms with E-state index in [9.17, 15) is 27.6 Å². The lowest BCUT2D eigenvalue weighted by Crippen LogP contribution is -2.35. The van der Waals surface area contributed by atoms with Gasteiger partial charge in [0.15, 0.2) is 6.10 Å². The highest BCUT2D eigenvalue weighted by Crippen LogP contribution is 2.22. The Hall–Kier alpha value is -2.42. The van der Waals surface area contributed by atoms with E-state index in [0.717, 1.165) is 11.8 Å². The van der Waals surface area contributed by atoms with Crippen molar-refractivity contribution in [1.82, 2.24) is 4.90 Å². The summed E-state index contributed by atoms with van der Waals surface area (Å²) in [6, 6.07) is 6.25. The minimum absolute atomic E-state index is 0.190. The first kappa shape index (κ1) is 17.9. The van der Waals surface area contributed by atoms with Gasteiger partial charge in [-0.25, -0.2) is 4.79 Å². The lowest BCUT2D eigenvalue weighted by molar-refractivity contribution is -0.192. The summed E-state index contributed by atoms with van der Waals surface area (Å²) in [7, 11) is 0. The quantitative estimate of drug-likeness (QED) is 0.581. The minimum atomic E-state index is -4.55. The molecule has 1 aliphatic rings. The molecule has 6 nitrogen and oxygen atoms in total. The van der Waals surface area contributed by atoms with Crippen molar-refractivity contribution in [1.29, 1.82) is 0 Å². The number of halogens is 3. The van der Waals surface area contributed by atoms with Gasteiger partial charge in [-0.15, -0.1) is 0 Å². The summed E-state index contributed by atoms with van der Waals surface area (Å²) in [5, 5.41) is 0. The number of carbonyl (C=O) groups is 3. The molecule has 0 aliphatic carbocycles. The van der Waals surface area contributed by atoms with Gasteiger partial charge in [-0.05, 0) is 19.1 Å². The largest absolute Gasteiger partial charge is 0.462 e. The molecule has 2 rings (SSSR count). The molecule has 0 N–H and O–H groups in total. The van der Waals surface area contributed by atoms with E-state index in [1.807, 2.05) is 0 Å². The fourth-order valence-electron chi connectivity index (χ4n) is 2.08. The molecular weight excluding hydrogens is 331 g/mol. The van der Waals surface area contributed by atoms with Crippen molar-refractivity contribution in [3.63, 3.8) is 0 Å². The van der Waals surface area contributed by atoms with Crippen LogP contribution in [0.5, 0.6) is 0 Å². The van der Waals surface area contributed by atoms with Crippen LogP contribution in [-0.4, -0.2) is 54.7 Å². The molecule has 9 heteroatoms. The SMILES string of the molecule is C[C@@H](OCC(F)(F)F)C(=O)OCCN1C(=O)c2ccccc2C1=O. The zero-order chi connectivity index (χ0) is 17.9. The molecule has 24 heavy (non-hydrogen) atoms. The number of carbonyl (C=O) groups excluding carboxylic acids is 3. The summed E-state index contributed by atoms with van der Waals surface area (Å²) in [4.78, 5) is 36.5. The average Bonchev–Trinajstić information content (AvgIpc) is 2.77. The molecule has 2 amide bonds. The Morgan fingerprint density at radius 3 is 2.21 bits per heavy atom. The van der Waals surface area contributed by atoms with Gasteiger partial charge in [0.25, 0.3) is 11.8 Å². The number of benzene rings is 1. The summed E-state index contributed by atoms with van der Waals surface area (Å²) in [5.74, 6) is -2.02. The standard InChI is InChI=1S/C15H14F3NO5/c1-9(24-8-15(16,17)18)14(22)23-7-6-19-12(20)10-4-2-3-5-11(10)13(19)21/h2-5,9H,6-8H2,1H3/t9-/m1/s1. The molecule has 0 aromatic heterocycles. The first-order chi connectivity index (χ1) is 11.2. The van der Waals surface area contributed by atoms with E-state index in [1.165, 1.54) is 12.1 Å². The molecular formula is C15H14F3NO5. The second kappa shape index (κ2) is 7.00. The summed E-state index contributed by atoms with van der Waals surface area (Å²) in [6.45, 7) is -0.966. The molecule has 1 atom stereocenters. The molecule has 1 heterocycles. The molecule has 0 saturated carbocycles. The zero-order valence-corrected chi connectivity index (χ0v) is 12.6. The lowest BCUT2D eigenvalue weighted by Gasteiger charge is -2.16. The van der Waals surface area contributed by atoms with E-state index in [1.54, 1.807) is 12.1 Å². The summed E-state index contributed by atoms with van der Waals surface area (Å²) >= 11 is 0. The van der Waals surface area contributed by atoms with Crippen LogP contribution in [0.15, 0.2) is 24.3 Å². The highest BCUT2D eigenvalue weighted by atomic mass is 19.4. The van der Waals surface area contributed by atoms with Gasteiger partial charge < -0.3 is 9.47 Å². The highest BCUT2D eigenvalue weighted by Gasteiger charge is 2.35. The van der Waals surface area contributed by atoms with Crippen LogP contribution in [-0.2, 0) is 14.3 Å². The van der Waals surface area contributed by atoms with Crippen LogP contribution in [0.2, 0.25) is 0 Å². The smallest absolute Gasteiger partial charge is 0.411 e. The summed E-state index contributed by atoms with van der Waals surface area (Å²) < 4.78 is 45.1. The van der Waals surface area contributed by atoms with E-state index >= 15 is 0 Å². The third-order valence-corrected chi connectivity index (χ3v) is 3.27. The number of rotatable bonds is 6. The monoisotopic (exact) mass is 345 g/mol. The van der Waals surface area contributed by atoms with Crippen LogP contribution in [0, 0.1) is 0 Å². The van der Waals surface area contributed by atoms with E-state index in [2.05, 4.69) is 4.74 Å². The Kier molecular flexibility index (Phi) is 5.23. The number of fused-ring (bicyclic) bond motifs is 1. The molecule has 130 valence electrons. The van der Waals surface area contributed by atoms with E-state index < -0.39 is 36.7 Å². The summed E-state index contributed by atoms with van der Waals surface area (Å²) in [5.41, 5.74) is 0.520. The maximum atomic E-state index is 12.0. The van der Waals surface area contributed by atoms with Crippen molar-refractivity contribution in [2.24, 2.45) is 0 Å². The number of nitrogens with zero attached hydrogens (tertiary/aromatic N) is 1. The molecule has 0 unspecified atom stereocenters. The van der Waals surface area contributed by atoms with E-state index in [0.29, 0.717) is 0 Å². The van der Waals surface area contributed by atoms with Crippen LogP contribution in [0.4, 0.5) is 13.2 Å². The molecule has 0 spiro atoms. The van der Waals surface area contributed by atoms with Crippen LogP contribution in [0.1, 0.15) is 27.6 Å². The first-order valence-corrected chi connectivity index (χ1v) is 7.01. The van der Waals surface area contributed by atoms with Gasteiger partial charge in [0.1, 0.15) is 13.2 Å². The lowest BCUT2D eigenvalue weighted by atomic mass is 10.1. The van der Waals surface area contributed by atoms with Crippen molar-refractivity contribution >= 4 is 17.8 Å². The highest BCUT2D eigenvalue weighted by molar-refractivity contribution is 6.21. The zero-order valence-electron chi connectivity index (χ0n) is 12.6. The van der Waals surface area contributed by atoms with Crippen LogP contribution in [0.25, 0.3) is 0 Å². The second-order valence-corrected chi connectivity index (χ2v) is 5.04. The van der Waals surface area contributed by atoms with Crippen molar-refractivity contribution in [2.75, 3.05) is 19.8 Å². The predicted octanol–water partition coefficient (Wildman–Crippen LogP) is 1.79. The third kappa shape index (κ3) is 4.10. The predicted molar refractivity (Wildman–Crippen MR) is 74.2 cm³/mol. The average molecular weight is 345 g/mol. The van der Waals surface area contributed by atoms with Crippen LogP contribution >= 0.6 is 0 Å². The van der Waals surface area contributed by atoms with Crippen LogP contribution < -0.4 is 0 Å². The normalized spacial score (nSPS) is 15.4. The van der Waals surface area contributed by atoms with Gasteiger partial charge in [0.2, 0.25) is 0 Å². The molecule has 1 aliphatic heterocycles. The summed E-state index contributed by atoms with van der Waals surface area (Å²) in [6.07, 6.45) is -5.96. The number of ether oxygens (including phenoxy) is 2. The van der Waals surface area contributed by atoms with Gasteiger partial charge in [-0.3, -0.25) is 14.5 Å². The molecule has 0 bridgehead atoms. The molecule has 0 radical (unpaired) electrons. The van der Waals surface area contributed by atoms with E-state index in [4.69, 9.17) is 4.74 Å². The number of alkyl halides is 3. The van der Waals surface area contributed by atoms with Gasteiger partial charge in [-0.2, -0.15) is 13.2 Å². The molecule has 0 saturated heterocycles. The number of esters is 1. The fraction of sp³-hybridized carbons (Fsp3) is 0.400. The first-order valence-electron chi connectivity index (χ1n) is 7.01. The maximum absolute atomic E-state index is 12.0. The Morgan fingerprint density at radius 2 is 1.71 bits per heavy atom. The van der Waals surface area contributed by atoms with Crippen molar-refractivity contribution in [3.05, 3.63) is 35.4 Å². The Morgan fingerprint density at radius 1 is 1.17 bits per heavy atom. The van der Waals surface area contributed by atoms with Gasteiger partial charge in [0.05, 0.1) is 17.7 Å². The minimum Gasteiger partial charge on any atom is -0.462 e. The molecule has 0 fully saturated rings. The topological polar surface area (TPSA) is 72.9 Å². The number of hydrogen-bond acceptors (Lipinski definition) is 5. The Balaban J connectivity index is 1.82. The number of amides is 2. The van der Waals surface area contributed by atoms with Crippen LogP contribution in [0.3, 0.4) is 0 Å². The molecule has 1 aromatic rings. The van der Waals surface area contributed by atoms with Gasteiger partial charge in [0, 0.05) is 0 Å². The van der Waals surface area contributed by atoms with E-state index in [-0.39, 0.29) is 24.3 Å². The van der Waals surface area contributed by atoms with Crippen molar-refractivity contribution in [3.8, 4) is 0 Å². The fourth-order valence-corrected chi connectivity index (χ4v) is 2.08. The maximum Gasteiger partial charge on any atom is 0.411 e. The Labute approximate surface area is 135 Å². The number of hydrogen-bond donors (Lipinski definition) is 0. The van der Waals surface area contributed by atoms with Crippen molar-refractivity contribution in [2.45, 2.75) is 19.2 Å². The second-order valence-electron chi connectivity index (χ2n) is 5.04. The number of imide groups is 1. The third-order valence-electron chi connectivity index (χ3n) is 3.27. The Bertz CT molecular complexity index is 624. The van der Waals surface area contributed by atoms with Gasteiger partial charge in [-0.1, -0.05) is 12.1 Å².